The van der Waals surface area contributed by atoms with Crippen LogP contribution in [0.2, 0.25) is 0 Å². The third kappa shape index (κ3) is 4.31. The number of nitrogens with zero attached hydrogens (tertiary/aromatic N) is 1. The molecule has 0 atom stereocenters. The lowest BCUT2D eigenvalue weighted by Gasteiger charge is -2.17. The van der Waals surface area contributed by atoms with Gasteiger partial charge in [-0.1, -0.05) is 26.0 Å². The maximum absolute atomic E-state index is 12.4. The van der Waals surface area contributed by atoms with E-state index < -0.39 is 0 Å². The smallest absolute Gasteiger partial charge is 0.266 e. The van der Waals surface area contributed by atoms with Crippen LogP contribution in [0.3, 0.4) is 0 Å². The summed E-state index contributed by atoms with van der Waals surface area (Å²) in [7, 11) is 1.68. The van der Waals surface area contributed by atoms with Crippen molar-refractivity contribution >= 4 is 32.3 Å². The second-order valence-electron chi connectivity index (χ2n) is 7.44. The molecule has 4 rings (SSSR count). The van der Waals surface area contributed by atoms with E-state index in [-0.39, 0.29) is 5.56 Å². The van der Waals surface area contributed by atoms with Crippen molar-refractivity contribution < 1.29 is 9.47 Å². The number of aromatic nitrogens is 1. The number of fused-ring (bicyclic) bond motifs is 3. The molecule has 31 heavy (non-hydrogen) atoms. The van der Waals surface area contributed by atoms with Gasteiger partial charge in [-0.25, -0.2) is 0 Å². The first-order valence-electron chi connectivity index (χ1n) is 10.7. The van der Waals surface area contributed by atoms with Crippen molar-refractivity contribution in [3.8, 4) is 22.6 Å². The Morgan fingerprint density at radius 2 is 1.81 bits per heavy atom. The summed E-state index contributed by atoms with van der Waals surface area (Å²) in [5.74, 6) is 1.64. The fraction of sp³-hybridized carbons (Fsp3) is 0.320. The Morgan fingerprint density at radius 3 is 2.52 bits per heavy atom. The molecule has 2 aromatic heterocycles. The highest BCUT2D eigenvalue weighted by Crippen LogP contribution is 2.40. The molecule has 0 aliphatic heterocycles. The fourth-order valence-electron chi connectivity index (χ4n) is 4.02. The van der Waals surface area contributed by atoms with Gasteiger partial charge in [0.05, 0.1) is 13.7 Å². The number of pyridine rings is 1. The number of nitrogens with one attached hydrogen (secondary N) is 1. The SMILES string of the molecule is CCN(CC)CCCOc1ccc(-c2c(OC)ccc3[nH]c(=O)c4sccc4c23)cc1. The quantitative estimate of drug-likeness (QED) is 0.351. The molecular weight excluding hydrogens is 408 g/mol. The minimum Gasteiger partial charge on any atom is -0.496 e. The Labute approximate surface area is 186 Å². The van der Waals surface area contributed by atoms with E-state index in [1.54, 1.807) is 7.11 Å². The van der Waals surface area contributed by atoms with E-state index in [0.29, 0.717) is 6.61 Å². The molecule has 0 radical (unpaired) electrons. The van der Waals surface area contributed by atoms with Crippen molar-refractivity contribution in [1.29, 1.82) is 0 Å². The normalized spacial score (nSPS) is 11.5. The van der Waals surface area contributed by atoms with Gasteiger partial charge in [-0.15, -0.1) is 11.3 Å². The van der Waals surface area contributed by atoms with Gasteiger partial charge < -0.3 is 19.4 Å². The van der Waals surface area contributed by atoms with Gasteiger partial charge in [0.15, 0.2) is 0 Å². The number of H-pyrrole nitrogens is 1. The lowest BCUT2D eigenvalue weighted by atomic mass is 9.97. The third-order valence-corrected chi connectivity index (χ3v) is 6.61. The largest absolute Gasteiger partial charge is 0.496 e. The summed E-state index contributed by atoms with van der Waals surface area (Å²) in [4.78, 5) is 17.8. The number of aromatic amines is 1. The minimum absolute atomic E-state index is 0.0536. The van der Waals surface area contributed by atoms with E-state index in [4.69, 9.17) is 9.47 Å². The van der Waals surface area contributed by atoms with Crippen LogP contribution in [-0.2, 0) is 0 Å². The molecular formula is C25H28N2O3S. The van der Waals surface area contributed by atoms with Crippen molar-refractivity contribution in [3.05, 3.63) is 58.2 Å². The van der Waals surface area contributed by atoms with Gasteiger partial charge in [0.2, 0.25) is 0 Å². The number of thiophene rings is 1. The van der Waals surface area contributed by atoms with Crippen LogP contribution >= 0.6 is 11.3 Å². The van der Waals surface area contributed by atoms with E-state index in [0.717, 1.165) is 69.7 Å². The van der Waals surface area contributed by atoms with Crippen molar-refractivity contribution in [3.63, 3.8) is 0 Å². The number of rotatable bonds is 9. The first-order valence-corrected chi connectivity index (χ1v) is 11.6. The number of benzene rings is 2. The lowest BCUT2D eigenvalue weighted by molar-refractivity contribution is 0.249. The van der Waals surface area contributed by atoms with E-state index in [1.165, 1.54) is 11.3 Å². The maximum Gasteiger partial charge on any atom is 0.266 e. The standard InChI is InChI=1S/C25H28N2O3S/c1-4-27(5-2)14-6-15-30-18-9-7-17(8-10-18)22-21(29-3)12-11-20-23(22)19-13-16-31-24(19)25(28)26-20/h7-13,16H,4-6,14-15H2,1-3H3,(H,26,28). The van der Waals surface area contributed by atoms with Gasteiger partial charge in [0.1, 0.15) is 16.2 Å². The van der Waals surface area contributed by atoms with E-state index in [9.17, 15) is 4.79 Å². The monoisotopic (exact) mass is 436 g/mol. The summed E-state index contributed by atoms with van der Waals surface area (Å²) in [6.07, 6.45) is 1.00. The van der Waals surface area contributed by atoms with Crippen molar-refractivity contribution in [2.75, 3.05) is 33.4 Å². The van der Waals surface area contributed by atoms with E-state index in [2.05, 4.69) is 35.9 Å². The molecule has 5 nitrogen and oxygen atoms in total. The second kappa shape index (κ2) is 9.54. The zero-order chi connectivity index (χ0) is 21.8. The van der Waals surface area contributed by atoms with Crippen LogP contribution in [0.1, 0.15) is 20.3 Å². The highest BCUT2D eigenvalue weighted by molar-refractivity contribution is 7.17. The van der Waals surface area contributed by atoms with E-state index in [1.807, 2.05) is 35.7 Å². The molecule has 0 unspecified atom stereocenters. The molecule has 0 amide bonds. The van der Waals surface area contributed by atoms with Crippen molar-refractivity contribution in [2.24, 2.45) is 0 Å². The molecule has 2 heterocycles. The molecule has 6 heteroatoms. The molecule has 0 saturated carbocycles. The lowest BCUT2D eigenvalue weighted by Crippen LogP contribution is -2.25. The number of hydrogen-bond donors (Lipinski definition) is 1. The molecule has 0 saturated heterocycles. The molecule has 0 aliphatic rings. The summed E-state index contributed by atoms with van der Waals surface area (Å²) >= 11 is 1.46. The van der Waals surface area contributed by atoms with Crippen LogP contribution in [0.15, 0.2) is 52.6 Å². The third-order valence-electron chi connectivity index (χ3n) is 5.70. The Kier molecular flexibility index (Phi) is 6.59. The van der Waals surface area contributed by atoms with E-state index >= 15 is 0 Å². The van der Waals surface area contributed by atoms with Gasteiger partial charge >= 0.3 is 0 Å². The molecule has 0 bridgehead atoms. The maximum atomic E-state index is 12.4. The predicted molar refractivity (Wildman–Crippen MR) is 130 cm³/mol. The van der Waals surface area contributed by atoms with Crippen LogP contribution in [-0.4, -0.2) is 43.2 Å². The molecule has 4 aromatic rings. The summed E-state index contributed by atoms with van der Waals surface area (Å²) in [5.41, 5.74) is 2.76. The van der Waals surface area contributed by atoms with Gasteiger partial charge in [0, 0.05) is 28.4 Å². The average Bonchev–Trinajstić information content (AvgIpc) is 3.30. The molecule has 0 fully saturated rings. The molecule has 0 spiro atoms. The second-order valence-corrected chi connectivity index (χ2v) is 8.35. The topological polar surface area (TPSA) is 54.6 Å². The average molecular weight is 437 g/mol. The first-order chi connectivity index (χ1) is 15.2. The van der Waals surface area contributed by atoms with Gasteiger partial charge in [-0.05, 0) is 60.8 Å². The molecule has 162 valence electrons. The first kappa shape index (κ1) is 21.4. The number of ether oxygens (including phenoxy) is 2. The van der Waals surface area contributed by atoms with Crippen LogP contribution in [0.4, 0.5) is 0 Å². The van der Waals surface area contributed by atoms with Crippen LogP contribution in [0, 0.1) is 0 Å². The Bertz CT molecular complexity index is 1220. The zero-order valence-corrected chi connectivity index (χ0v) is 19.1. The van der Waals surface area contributed by atoms with Gasteiger partial charge in [-0.3, -0.25) is 4.79 Å². The van der Waals surface area contributed by atoms with Crippen LogP contribution in [0.25, 0.3) is 32.1 Å². The fourth-order valence-corrected chi connectivity index (χ4v) is 4.82. The summed E-state index contributed by atoms with van der Waals surface area (Å²) in [6, 6.07) is 13.9. The highest BCUT2D eigenvalue weighted by atomic mass is 32.1. The van der Waals surface area contributed by atoms with Gasteiger partial charge in [0.25, 0.3) is 5.56 Å². The molecule has 2 aromatic carbocycles. The highest BCUT2D eigenvalue weighted by Gasteiger charge is 2.16. The number of methoxy groups -OCH3 is 1. The Hall–Kier alpha value is -2.83. The zero-order valence-electron chi connectivity index (χ0n) is 18.2. The summed E-state index contributed by atoms with van der Waals surface area (Å²) < 4.78 is 12.4. The Balaban J connectivity index is 1.64. The molecule has 1 N–H and O–H groups in total. The predicted octanol–water partition coefficient (Wildman–Crippen LogP) is 5.53. The summed E-state index contributed by atoms with van der Waals surface area (Å²) in [5, 5.41) is 3.91. The van der Waals surface area contributed by atoms with Crippen LogP contribution < -0.4 is 15.0 Å². The number of hydrogen-bond acceptors (Lipinski definition) is 5. The van der Waals surface area contributed by atoms with Gasteiger partial charge in [-0.2, -0.15) is 0 Å². The van der Waals surface area contributed by atoms with Crippen molar-refractivity contribution in [2.45, 2.75) is 20.3 Å². The minimum atomic E-state index is -0.0536. The van der Waals surface area contributed by atoms with Crippen LogP contribution in [0.5, 0.6) is 11.5 Å². The Morgan fingerprint density at radius 1 is 1.03 bits per heavy atom. The summed E-state index contributed by atoms with van der Waals surface area (Å²) in [6.45, 7) is 8.26. The molecule has 0 aliphatic carbocycles. The van der Waals surface area contributed by atoms with Crippen molar-refractivity contribution in [1.82, 2.24) is 9.88 Å².